The Morgan fingerprint density at radius 2 is 1.67 bits per heavy atom. The van der Waals surface area contributed by atoms with Gasteiger partial charge in [-0.05, 0) is 38.8 Å². The Morgan fingerprint density at radius 3 is 2.27 bits per heavy atom. The van der Waals surface area contributed by atoms with Crippen molar-refractivity contribution in [1.82, 2.24) is 9.29 Å². The predicted octanol–water partition coefficient (Wildman–Crippen LogP) is 4.36. The molecule has 1 aliphatic heterocycles. The first-order chi connectivity index (χ1) is 15.7. The zero-order valence-electron chi connectivity index (χ0n) is 18.4. The van der Waals surface area contributed by atoms with E-state index in [0.29, 0.717) is 23.5 Å². The highest BCUT2D eigenvalue weighted by Gasteiger charge is 2.32. The van der Waals surface area contributed by atoms with Crippen molar-refractivity contribution in [1.29, 1.82) is 0 Å². The number of benzene rings is 2. The lowest BCUT2D eigenvalue weighted by Gasteiger charge is -2.30. The molecule has 7 nitrogen and oxygen atoms in total. The highest BCUT2D eigenvalue weighted by Crippen LogP contribution is 2.28. The van der Waals surface area contributed by atoms with Crippen molar-refractivity contribution in [2.75, 3.05) is 18.4 Å². The molecule has 1 aliphatic rings. The molecule has 1 fully saturated rings. The molecule has 1 amide bonds. The second kappa shape index (κ2) is 9.54. The molecule has 0 saturated carbocycles. The summed E-state index contributed by atoms with van der Waals surface area (Å²) in [5.41, 5.74) is 3.44. The van der Waals surface area contributed by atoms with E-state index >= 15 is 0 Å². The highest BCUT2D eigenvalue weighted by atomic mass is 32.2. The van der Waals surface area contributed by atoms with Crippen molar-refractivity contribution in [2.24, 2.45) is 5.92 Å². The van der Waals surface area contributed by atoms with Gasteiger partial charge >= 0.3 is 0 Å². The number of carbonyl (C=O) groups is 2. The van der Waals surface area contributed by atoms with Gasteiger partial charge in [-0.1, -0.05) is 42.0 Å². The fraction of sp³-hybridized carbons (Fsp3) is 0.292. The molecule has 9 heteroatoms. The molecule has 1 aromatic heterocycles. The summed E-state index contributed by atoms with van der Waals surface area (Å²) < 4.78 is 27.3. The number of aryl methyl sites for hydroxylation is 1. The Hall–Kier alpha value is -2.88. The van der Waals surface area contributed by atoms with Crippen LogP contribution in [0.2, 0.25) is 0 Å². The van der Waals surface area contributed by atoms with E-state index in [1.54, 1.807) is 0 Å². The molecule has 0 atom stereocenters. The van der Waals surface area contributed by atoms with Gasteiger partial charge in [-0.15, -0.1) is 11.3 Å². The van der Waals surface area contributed by atoms with Crippen LogP contribution in [0.4, 0.5) is 5.13 Å². The number of sulfonamides is 1. The maximum atomic E-state index is 12.9. The van der Waals surface area contributed by atoms with Crippen LogP contribution in [0.25, 0.3) is 11.3 Å². The molecule has 33 heavy (non-hydrogen) atoms. The molecule has 0 unspecified atom stereocenters. The largest absolute Gasteiger partial charge is 0.302 e. The van der Waals surface area contributed by atoms with Crippen LogP contribution in [0.1, 0.15) is 35.7 Å². The van der Waals surface area contributed by atoms with Gasteiger partial charge < -0.3 is 5.32 Å². The smallest absolute Gasteiger partial charge is 0.243 e. The first kappa shape index (κ1) is 23.3. The minimum atomic E-state index is -3.66. The number of piperidine rings is 1. The van der Waals surface area contributed by atoms with Crippen LogP contribution in [-0.4, -0.2) is 42.5 Å². The predicted molar refractivity (Wildman–Crippen MR) is 129 cm³/mol. The summed E-state index contributed by atoms with van der Waals surface area (Å²) in [6.45, 7) is 3.99. The maximum Gasteiger partial charge on any atom is 0.243 e. The highest BCUT2D eigenvalue weighted by molar-refractivity contribution is 7.89. The first-order valence-corrected chi connectivity index (χ1v) is 13.0. The van der Waals surface area contributed by atoms with Gasteiger partial charge in [-0.2, -0.15) is 4.31 Å². The second-order valence-corrected chi connectivity index (χ2v) is 10.9. The van der Waals surface area contributed by atoms with Gasteiger partial charge in [0.1, 0.15) is 0 Å². The van der Waals surface area contributed by atoms with Crippen LogP contribution < -0.4 is 5.32 Å². The van der Waals surface area contributed by atoms with E-state index in [-0.39, 0.29) is 35.6 Å². The molecular formula is C24H25N3O4S2. The summed E-state index contributed by atoms with van der Waals surface area (Å²) >= 11 is 1.37. The third-order valence-electron chi connectivity index (χ3n) is 5.80. The molecule has 1 saturated heterocycles. The van der Waals surface area contributed by atoms with E-state index in [0.717, 1.165) is 11.3 Å². The quantitative estimate of drug-likeness (QED) is 0.526. The van der Waals surface area contributed by atoms with E-state index in [4.69, 9.17) is 0 Å². The number of Topliss-reactive ketones (excluding diaryl/α,β-unsaturated/α-hetero) is 1. The van der Waals surface area contributed by atoms with Crippen LogP contribution in [0.15, 0.2) is 58.8 Å². The lowest BCUT2D eigenvalue weighted by Crippen LogP contribution is -2.41. The minimum Gasteiger partial charge on any atom is -0.302 e. The van der Waals surface area contributed by atoms with E-state index in [2.05, 4.69) is 10.3 Å². The summed E-state index contributed by atoms with van der Waals surface area (Å²) in [7, 11) is -3.66. The molecule has 0 bridgehead atoms. The van der Waals surface area contributed by atoms with Crippen molar-refractivity contribution in [3.05, 3.63) is 65.0 Å². The van der Waals surface area contributed by atoms with Gasteiger partial charge in [-0.25, -0.2) is 13.4 Å². The van der Waals surface area contributed by atoms with Crippen molar-refractivity contribution in [3.8, 4) is 11.3 Å². The number of carbonyl (C=O) groups excluding carboxylic acids is 2. The van der Waals surface area contributed by atoms with Crippen LogP contribution in [0.5, 0.6) is 0 Å². The van der Waals surface area contributed by atoms with E-state index in [9.17, 15) is 18.0 Å². The molecule has 172 valence electrons. The average molecular weight is 484 g/mol. The molecule has 0 radical (unpaired) electrons. The second-order valence-electron chi connectivity index (χ2n) is 8.15. The number of amides is 1. The molecule has 4 rings (SSSR count). The number of aromatic nitrogens is 1. The number of ketones is 1. The zero-order chi connectivity index (χ0) is 23.6. The van der Waals surface area contributed by atoms with Gasteiger partial charge in [0.05, 0.1) is 10.6 Å². The summed E-state index contributed by atoms with van der Waals surface area (Å²) in [4.78, 5) is 28.8. The first-order valence-electron chi connectivity index (χ1n) is 10.7. The van der Waals surface area contributed by atoms with Crippen LogP contribution >= 0.6 is 11.3 Å². The van der Waals surface area contributed by atoms with Gasteiger partial charge in [-0.3, -0.25) is 9.59 Å². The Bertz CT molecular complexity index is 1260. The summed E-state index contributed by atoms with van der Waals surface area (Å²) in [5, 5.41) is 5.33. The Kier molecular flexibility index (Phi) is 6.73. The minimum absolute atomic E-state index is 0.114. The number of rotatable bonds is 6. The van der Waals surface area contributed by atoms with E-state index in [1.165, 1.54) is 52.4 Å². The van der Waals surface area contributed by atoms with Crippen molar-refractivity contribution in [3.63, 3.8) is 0 Å². The lowest BCUT2D eigenvalue weighted by atomic mass is 9.97. The molecular weight excluding hydrogens is 458 g/mol. The number of nitrogens with one attached hydrogen (secondary N) is 1. The SMILES string of the molecule is CC(=O)c1ccc(S(=O)(=O)N2CCC(C(=O)Nc3nc(-c4ccc(C)cc4)cs3)CC2)cc1. The van der Waals surface area contributed by atoms with Crippen LogP contribution in [0.3, 0.4) is 0 Å². The van der Waals surface area contributed by atoms with Crippen LogP contribution in [-0.2, 0) is 14.8 Å². The summed E-state index contributed by atoms with van der Waals surface area (Å²) in [6, 6.07) is 14.0. The van der Waals surface area contributed by atoms with Gasteiger partial charge in [0, 0.05) is 35.5 Å². The summed E-state index contributed by atoms with van der Waals surface area (Å²) in [6.07, 6.45) is 0.875. The fourth-order valence-corrected chi connectivity index (χ4v) is 5.96. The van der Waals surface area contributed by atoms with Crippen LogP contribution in [0, 0.1) is 12.8 Å². The lowest BCUT2D eigenvalue weighted by molar-refractivity contribution is -0.120. The molecule has 0 spiro atoms. The fourth-order valence-electron chi connectivity index (χ4n) is 3.76. The zero-order valence-corrected chi connectivity index (χ0v) is 20.1. The number of nitrogens with zero attached hydrogens (tertiary/aromatic N) is 2. The average Bonchev–Trinajstić information content (AvgIpc) is 3.28. The van der Waals surface area contributed by atoms with Gasteiger partial charge in [0.2, 0.25) is 15.9 Å². The van der Waals surface area contributed by atoms with E-state index in [1.807, 2.05) is 36.6 Å². The maximum absolute atomic E-state index is 12.9. The summed E-state index contributed by atoms with van der Waals surface area (Å²) in [5.74, 6) is -0.525. The van der Waals surface area contributed by atoms with Crippen molar-refractivity contribution < 1.29 is 18.0 Å². The van der Waals surface area contributed by atoms with Gasteiger partial charge in [0.15, 0.2) is 10.9 Å². The number of anilines is 1. The monoisotopic (exact) mass is 483 g/mol. The van der Waals surface area contributed by atoms with Crippen molar-refractivity contribution >= 4 is 38.2 Å². The van der Waals surface area contributed by atoms with Crippen molar-refractivity contribution in [2.45, 2.75) is 31.6 Å². The normalized spacial score (nSPS) is 15.3. The number of hydrogen-bond donors (Lipinski definition) is 1. The molecule has 1 N–H and O–H groups in total. The molecule has 0 aliphatic carbocycles. The van der Waals surface area contributed by atoms with Gasteiger partial charge in [0.25, 0.3) is 0 Å². The number of thiazole rings is 1. The third-order valence-corrected chi connectivity index (χ3v) is 8.48. The molecule has 2 heterocycles. The molecule has 3 aromatic rings. The number of hydrogen-bond acceptors (Lipinski definition) is 6. The Morgan fingerprint density at radius 1 is 1.03 bits per heavy atom. The topological polar surface area (TPSA) is 96.4 Å². The Labute approximate surface area is 197 Å². The Balaban J connectivity index is 1.35. The molecule has 2 aromatic carbocycles. The third kappa shape index (κ3) is 5.21. The standard InChI is InChI=1S/C24H25N3O4S2/c1-16-3-5-19(6-4-16)22-15-32-24(25-22)26-23(29)20-11-13-27(14-12-20)33(30,31)21-9-7-18(8-10-21)17(2)28/h3-10,15,20H,11-14H2,1-2H3,(H,25,26,29). The van der Waals surface area contributed by atoms with E-state index < -0.39 is 10.0 Å².